The van der Waals surface area contributed by atoms with Crippen molar-refractivity contribution >= 4 is 22.0 Å². The first-order valence-electron chi connectivity index (χ1n) is 7.14. The minimum atomic E-state index is -0.578. The Bertz CT molecular complexity index is 648. The Labute approximate surface area is 143 Å². The molecule has 0 saturated carbocycles. The maximum atomic E-state index is 11.8. The molecule has 1 atom stereocenters. The standard InChI is InChI=1S/C17H18BrNO4/c18-15-9-13(6-7-16(15)21)8-14(10-20)19-17(22)23-11-12-4-2-1-3-5-12/h1-7,9,14,20-21H,8,10-11H2,(H,19,22)/t14-/m0/s1. The van der Waals surface area contributed by atoms with Crippen LogP contribution in [-0.2, 0) is 17.8 Å². The van der Waals surface area contributed by atoms with E-state index in [0.29, 0.717) is 10.9 Å². The quantitative estimate of drug-likeness (QED) is 0.720. The van der Waals surface area contributed by atoms with Crippen LogP contribution in [0, 0.1) is 0 Å². The van der Waals surface area contributed by atoms with Crippen LogP contribution in [0.4, 0.5) is 4.79 Å². The number of ether oxygens (including phenoxy) is 1. The molecule has 0 radical (unpaired) electrons. The van der Waals surface area contributed by atoms with Gasteiger partial charge in [-0.15, -0.1) is 0 Å². The van der Waals surface area contributed by atoms with E-state index in [2.05, 4.69) is 21.2 Å². The zero-order valence-electron chi connectivity index (χ0n) is 12.4. The van der Waals surface area contributed by atoms with Gasteiger partial charge in [0.05, 0.1) is 17.1 Å². The third kappa shape index (κ3) is 5.58. The summed E-state index contributed by atoms with van der Waals surface area (Å²) >= 11 is 3.23. The van der Waals surface area contributed by atoms with Gasteiger partial charge in [-0.1, -0.05) is 36.4 Å². The van der Waals surface area contributed by atoms with Gasteiger partial charge in [-0.25, -0.2) is 4.79 Å². The van der Waals surface area contributed by atoms with E-state index in [1.165, 1.54) is 0 Å². The Morgan fingerprint density at radius 2 is 1.91 bits per heavy atom. The number of aliphatic hydroxyl groups excluding tert-OH is 1. The Hall–Kier alpha value is -2.05. The van der Waals surface area contributed by atoms with Gasteiger partial charge in [0.15, 0.2) is 0 Å². The Kier molecular flexibility index (Phi) is 6.43. The van der Waals surface area contributed by atoms with E-state index in [0.717, 1.165) is 11.1 Å². The number of phenolic OH excluding ortho intramolecular Hbond substituents is 1. The molecule has 0 fully saturated rings. The maximum Gasteiger partial charge on any atom is 0.407 e. The first-order chi connectivity index (χ1) is 11.1. The second-order valence-corrected chi connectivity index (χ2v) is 5.93. The maximum absolute atomic E-state index is 11.8. The molecule has 2 aromatic rings. The van der Waals surface area contributed by atoms with Crippen molar-refractivity contribution in [1.29, 1.82) is 0 Å². The molecule has 5 nitrogen and oxygen atoms in total. The molecule has 0 heterocycles. The average molecular weight is 380 g/mol. The fraction of sp³-hybridized carbons (Fsp3) is 0.235. The van der Waals surface area contributed by atoms with Gasteiger partial charge in [0.25, 0.3) is 0 Å². The van der Waals surface area contributed by atoms with Crippen molar-refractivity contribution in [1.82, 2.24) is 5.32 Å². The smallest absolute Gasteiger partial charge is 0.407 e. The fourth-order valence-electron chi connectivity index (χ4n) is 2.05. The number of halogens is 1. The SMILES string of the molecule is O=C(N[C@H](CO)Cc1ccc(O)c(Br)c1)OCc1ccccc1. The summed E-state index contributed by atoms with van der Waals surface area (Å²) in [5.41, 5.74) is 1.77. The number of aliphatic hydroxyl groups is 1. The third-order valence-corrected chi connectivity index (χ3v) is 3.88. The number of amides is 1. The zero-order chi connectivity index (χ0) is 16.7. The van der Waals surface area contributed by atoms with E-state index in [9.17, 15) is 15.0 Å². The second kappa shape index (κ2) is 8.55. The molecule has 0 unspecified atom stereocenters. The highest BCUT2D eigenvalue weighted by atomic mass is 79.9. The summed E-state index contributed by atoms with van der Waals surface area (Å²) in [4.78, 5) is 11.8. The van der Waals surface area contributed by atoms with E-state index < -0.39 is 12.1 Å². The van der Waals surface area contributed by atoms with E-state index in [1.807, 2.05) is 30.3 Å². The highest BCUT2D eigenvalue weighted by Gasteiger charge is 2.14. The number of rotatable bonds is 6. The monoisotopic (exact) mass is 379 g/mol. The van der Waals surface area contributed by atoms with Gasteiger partial charge < -0.3 is 20.3 Å². The van der Waals surface area contributed by atoms with Crippen LogP contribution in [0.1, 0.15) is 11.1 Å². The highest BCUT2D eigenvalue weighted by molar-refractivity contribution is 9.10. The zero-order valence-corrected chi connectivity index (χ0v) is 14.0. The molecule has 122 valence electrons. The second-order valence-electron chi connectivity index (χ2n) is 5.08. The lowest BCUT2D eigenvalue weighted by Gasteiger charge is -2.16. The van der Waals surface area contributed by atoms with Gasteiger partial charge in [0.1, 0.15) is 12.4 Å². The highest BCUT2D eigenvalue weighted by Crippen LogP contribution is 2.24. The van der Waals surface area contributed by atoms with Crippen LogP contribution in [0.25, 0.3) is 0 Å². The van der Waals surface area contributed by atoms with E-state index in [1.54, 1.807) is 18.2 Å². The van der Waals surface area contributed by atoms with Crippen LogP contribution in [0.15, 0.2) is 53.0 Å². The Balaban J connectivity index is 1.85. The van der Waals surface area contributed by atoms with Crippen LogP contribution in [0.5, 0.6) is 5.75 Å². The van der Waals surface area contributed by atoms with Gasteiger partial charge in [-0.05, 0) is 45.6 Å². The molecule has 0 aliphatic heterocycles. The predicted molar refractivity (Wildman–Crippen MR) is 90.1 cm³/mol. The Morgan fingerprint density at radius 3 is 2.57 bits per heavy atom. The fourth-order valence-corrected chi connectivity index (χ4v) is 2.48. The lowest BCUT2D eigenvalue weighted by atomic mass is 10.1. The van der Waals surface area contributed by atoms with Crippen LogP contribution in [0.3, 0.4) is 0 Å². The summed E-state index contributed by atoms with van der Waals surface area (Å²) in [5, 5.41) is 21.5. The van der Waals surface area contributed by atoms with Gasteiger partial charge in [0, 0.05) is 0 Å². The molecule has 2 aromatic carbocycles. The van der Waals surface area contributed by atoms with Gasteiger partial charge in [-0.3, -0.25) is 0 Å². The first-order valence-corrected chi connectivity index (χ1v) is 7.93. The van der Waals surface area contributed by atoms with Crippen molar-refractivity contribution in [2.24, 2.45) is 0 Å². The Morgan fingerprint density at radius 1 is 1.17 bits per heavy atom. The lowest BCUT2D eigenvalue weighted by Crippen LogP contribution is -2.39. The van der Waals surface area contributed by atoms with E-state index in [4.69, 9.17) is 4.74 Å². The minimum Gasteiger partial charge on any atom is -0.507 e. The van der Waals surface area contributed by atoms with Crippen molar-refractivity contribution in [3.8, 4) is 5.75 Å². The topological polar surface area (TPSA) is 78.8 Å². The van der Waals surface area contributed by atoms with Crippen molar-refractivity contribution in [2.45, 2.75) is 19.1 Å². The molecule has 0 aromatic heterocycles. The summed E-state index contributed by atoms with van der Waals surface area (Å²) < 4.78 is 5.70. The number of hydrogen-bond donors (Lipinski definition) is 3. The number of aromatic hydroxyl groups is 1. The summed E-state index contributed by atoms with van der Waals surface area (Å²) in [6.07, 6.45) is -0.152. The summed E-state index contributed by atoms with van der Waals surface area (Å²) in [5.74, 6) is 0.143. The molecule has 0 spiro atoms. The predicted octanol–water partition coefficient (Wildman–Crippen LogP) is 2.98. The molecule has 1 amide bonds. The third-order valence-electron chi connectivity index (χ3n) is 3.25. The number of hydrogen-bond acceptors (Lipinski definition) is 4. The number of carbonyl (C=O) groups excluding carboxylic acids is 1. The molecule has 6 heteroatoms. The lowest BCUT2D eigenvalue weighted by molar-refractivity contribution is 0.129. The van der Waals surface area contributed by atoms with Gasteiger partial charge in [-0.2, -0.15) is 0 Å². The summed E-state index contributed by atoms with van der Waals surface area (Å²) in [6, 6.07) is 13.9. The molecule has 3 N–H and O–H groups in total. The largest absolute Gasteiger partial charge is 0.507 e. The van der Waals surface area contributed by atoms with Crippen molar-refractivity contribution < 1.29 is 19.7 Å². The van der Waals surface area contributed by atoms with E-state index >= 15 is 0 Å². The minimum absolute atomic E-state index is 0.143. The average Bonchev–Trinajstić information content (AvgIpc) is 2.56. The molecule has 0 bridgehead atoms. The molecule has 0 saturated heterocycles. The molecule has 0 aliphatic rings. The van der Waals surface area contributed by atoms with Crippen LogP contribution < -0.4 is 5.32 Å². The van der Waals surface area contributed by atoms with Crippen LogP contribution in [-0.4, -0.2) is 29.0 Å². The number of alkyl carbamates (subject to hydrolysis) is 1. The number of phenols is 1. The van der Waals surface area contributed by atoms with Crippen LogP contribution >= 0.6 is 15.9 Å². The van der Waals surface area contributed by atoms with Crippen LogP contribution in [0.2, 0.25) is 0 Å². The van der Waals surface area contributed by atoms with Crippen molar-refractivity contribution in [3.05, 3.63) is 64.1 Å². The normalized spacial score (nSPS) is 11.7. The summed E-state index contributed by atoms with van der Waals surface area (Å²) in [6.45, 7) is -0.0332. The number of carbonyl (C=O) groups is 1. The molecule has 23 heavy (non-hydrogen) atoms. The van der Waals surface area contributed by atoms with Crippen molar-refractivity contribution in [3.63, 3.8) is 0 Å². The molecular weight excluding hydrogens is 362 g/mol. The van der Waals surface area contributed by atoms with Crippen molar-refractivity contribution in [2.75, 3.05) is 6.61 Å². The number of nitrogens with one attached hydrogen (secondary N) is 1. The van der Waals surface area contributed by atoms with Gasteiger partial charge in [0.2, 0.25) is 0 Å². The van der Waals surface area contributed by atoms with Gasteiger partial charge >= 0.3 is 6.09 Å². The number of benzene rings is 2. The van der Waals surface area contributed by atoms with E-state index in [-0.39, 0.29) is 19.0 Å². The summed E-state index contributed by atoms with van der Waals surface area (Å²) in [7, 11) is 0. The molecule has 0 aliphatic carbocycles. The first kappa shape index (κ1) is 17.3. The molecule has 2 rings (SSSR count). The molecular formula is C17H18BrNO4.